The van der Waals surface area contributed by atoms with E-state index in [1.165, 1.54) is 6.42 Å². The maximum Gasteiger partial charge on any atom is 0.101 e. The van der Waals surface area contributed by atoms with E-state index >= 15 is 0 Å². The first-order chi connectivity index (χ1) is 9.17. The van der Waals surface area contributed by atoms with Crippen LogP contribution in [-0.4, -0.2) is 22.2 Å². The molecule has 4 nitrogen and oxygen atoms in total. The highest BCUT2D eigenvalue weighted by molar-refractivity contribution is 5.55. The topological polar surface area (TPSA) is 68.9 Å². The van der Waals surface area contributed by atoms with Crippen LogP contribution >= 0.6 is 0 Å². The quantitative estimate of drug-likeness (QED) is 0.872. The maximum atomic E-state index is 10.5. The minimum absolute atomic E-state index is 0.490. The highest BCUT2D eigenvalue weighted by Crippen LogP contribution is 2.33. The predicted molar refractivity (Wildman–Crippen MR) is 74.6 cm³/mol. The molecule has 0 saturated heterocycles. The van der Waals surface area contributed by atoms with Gasteiger partial charge in [0.05, 0.1) is 23.0 Å². The summed E-state index contributed by atoms with van der Waals surface area (Å²) in [5.74, 6) is 0.758. The average Bonchev–Trinajstić information content (AvgIpc) is 2.46. The summed E-state index contributed by atoms with van der Waals surface area (Å²) in [6, 6.07) is 3.81. The summed E-state index contributed by atoms with van der Waals surface area (Å²) in [4.78, 5) is 4.01. The third-order valence-electron chi connectivity index (χ3n) is 4.16. The fraction of sp³-hybridized carbons (Fsp3) is 0.600. The monoisotopic (exact) mass is 259 g/mol. The number of aromatic nitrogens is 1. The summed E-state index contributed by atoms with van der Waals surface area (Å²) in [6.07, 6.45) is 8.29. The van der Waals surface area contributed by atoms with Crippen LogP contribution in [0.15, 0.2) is 18.5 Å². The molecule has 1 heterocycles. The smallest absolute Gasteiger partial charge is 0.101 e. The lowest BCUT2D eigenvalue weighted by Gasteiger charge is -2.36. The number of rotatable bonds is 4. The molecular weight excluding hydrogens is 238 g/mol. The molecular formula is C15H21N3O. The van der Waals surface area contributed by atoms with Crippen LogP contribution in [0.1, 0.15) is 44.6 Å². The van der Waals surface area contributed by atoms with Crippen molar-refractivity contribution in [3.63, 3.8) is 0 Å². The number of nitriles is 1. The molecule has 1 aliphatic carbocycles. The van der Waals surface area contributed by atoms with E-state index < -0.39 is 5.60 Å². The van der Waals surface area contributed by atoms with Gasteiger partial charge in [-0.1, -0.05) is 13.3 Å². The van der Waals surface area contributed by atoms with Crippen molar-refractivity contribution in [2.75, 3.05) is 11.9 Å². The fourth-order valence-corrected chi connectivity index (χ4v) is 2.69. The Kier molecular flexibility index (Phi) is 4.39. The van der Waals surface area contributed by atoms with Crippen molar-refractivity contribution in [1.82, 2.24) is 4.98 Å². The van der Waals surface area contributed by atoms with E-state index in [-0.39, 0.29) is 0 Å². The van der Waals surface area contributed by atoms with Gasteiger partial charge < -0.3 is 10.4 Å². The van der Waals surface area contributed by atoms with Crippen LogP contribution < -0.4 is 5.32 Å². The van der Waals surface area contributed by atoms with Gasteiger partial charge in [0.15, 0.2) is 0 Å². The Balaban J connectivity index is 1.94. The molecule has 19 heavy (non-hydrogen) atoms. The number of aliphatic hydroxyl groups is 1. The average molecular weight is 259 g/mol. The van der Waals surface area contributed by atoms with E-state index in [1.807, 2.05) is 0 Å². The lowest BCUT2D eigenvalue weighted by Crippen LogP contribution is -2.40. The molecule has 1 fully saturated rings. The molecule has 1 aliphatic rings. The number of hydrogen-bond donors (Lipinski definition) is 2. The van der Waals surface area contributed by atoms with Crippen molar-refractivity contribution in [3.8, 4) is 6.07 Å². The van der Waals surface area contributed by atoms with Crippen LogP contribution in [0.5, 0.6) is 0 Å². The van der Waals surface area contributed by atoms with E-state index in [4.69, 9.17) is 5.26 Å². The minimum atomic E-state index is -0.645. The standard InChI is InChI=1S/C15H21N3O/c1-2-12-3-6-15(19,7-4-12)11-18-14-10-17-8-5-13(14)9-16/h5,8,10,12,18-19H,2-4,6-7,11H2,1H3. The molecule has 1 aromatic rings. The van der Waals surface area contributed by atoms with Crippen LogP contribution in [0, 0.1) is 17.2 Å². The summed E-state index contributed by atoms with van der Waals surface area (Å²) >= 11 is 0. The lowest BCUT2D eigenvalue weighted by atomic mass is 9.78. The largest absolute Gasteiger partial charge is 0.388 e. The van der Waals surface area contributed by atoms with E-state index in [0.717, 1.165) is 31.6 Å². The summed E-state index contributed by atoms with van der Waals surface area (Å²) in [7, 11) is 0. The summed E-state index contributed by atoms with van der Waals surface area (Å²) in [5.41, 5.74) is 0.630. The second-order valence-electron chi connectivity index (χ2n) is 5.46. The van der Waals surface area contributed by atoms with Gasteiger partial charge in [-0.05, 0) is 37.7 Å². The molecule has 0 radical (unpaired) electrons. The van der Waals surface area contributed by atoms with Crippen molar-refractivity contribution in [2.45, 2.75) is 44.6 Å². The molecule has 0 atom stereocenters. The van der Waals surface area contributed by atoms with Crippen molar-refractivity contribution < 1.29 is 5.11 Å². The van der Waals surface area contributed by atoms with Crippen molar-refractivity contribution in [3.05, 3.63) is 24.0 Å². The third kappa shape index (κ3) is 3.45. The molecule has 0 spiro atoms. The molecule has 0 aliphatic heterocycles. The van der Waals surface area contributed by atoms with Gasteiger partial charge in [0, 0.05) is 12.7 Å². The second-order valence-corrected chi connectivity index (χ2v) is 5.46. The number of anilines is 1. The first kappa shape index (κ1) is 13.8. The summed E-state index contributed by atoms with van der Waals surface area (Å²) in [6.45, 7) is 2.70. The van der Waals surface area contributed by atoms with Crippen molar-refractivity contribution >= 4 is 5.69 Å². The number of hydrogen-bond acceptors (Lipinski definition) is 4. The lowest BCUT2D eigenvalue weighted by molar-refractivity contribution is 0.00229. The molecule has 0 unspecified atom stereocenters. The SMILES string of the molecule is CCC1CCC(O)(CNc2cnccc2C#N)CC1. The Labute approximate surface area is 114 Å². The van der Waals surface area contributed by atoms with E-state index in [2.05, 4.69) is 23.3 Å². The Bertz CT molecular complexity index is 459. The zero-order chi connectivity index (χ0) is 13.7. The van der Waals surface area contributed by atoms with Crippen LogP contribution in [0.3, 0.4) is 0 Å². The molecule has 0 bridgehead atoms. The minimum Gasteiger partial charge on any atom is -0.388 e. The molecule has 2 N–H and O–H groups in total. The molecule has 102 valence electrons. The first-order valence-corrected chi connectivity index (χ1v) is 6.97. The van der Waals surface area contributed by atoms with Gasteiger partial charge in [-0.15, -0.1) is 0 Å². The van der Waals surface area contributed by atoms with Gasteiger partial charge in [-0.25, -0.2) is 0 Å². The molecule has 0 aromatic carbocycles. The Morgan fingerprint density at radius 3 is 2.89 bits per heavy atom. The molecule has 1 saturated carbocycles. The number of pyridine rings is 1. The highest BCUT2D eigenvalue weighted by Gasteiger charge is 2.32. The van der Waals surface area contributed by atoms with Crippen molar-refractivity contribution in [2.24, 2.45) is 5.92 Å². The van der Waals surface area contributed by atoms with Crippen LogP contribution in [0.2, 0.25) is 0 Å². The Hall–Kier alpha value is -1.60. The van der Waals surface area contributed by atoms with Gasteiger partial charge in [-0.2, -0.15) is 5.26 Å². The van der Waals surface area contributed by atoms with E-state index in [0.29, 0.717) is 17.8 Å². The zero-order valence-corrected chi connectivity index (χ0v) is 11.4. The maximum absolute atomic E-state index is 10.5. The number of nitrogens with zero attached hydrogens (tertiary/aromatic N) is 2. The van der Waals surface area contributed by atoms with Gasteiger partial charge >= 0.3 is 0 Å². The van der Waals surface area contributed by atoms with Gasteiger partial charge in [0.2, 0.25) is 0 Å². The number of nitrogens with one attached hydrogen (secondary N) is 1. The normalized spacial score (nSPS) is 26.7. The predicted octanol–water partition coefficient (Wildman–Crippen LogP) is 2.70. The van der Waals surface area contributed by atoms with Crippen molar-refractivity contribution in [1.29, 1.82) is 5.26 Å². The van der Waals surface area contributed by atoms with Gasteiger partial charge in [0.25, 0.3) is 0 Å². The first-order valence-electron chi connectivity index (χ1n) is 6.97. The van der Waals surface area contributed by atoms with Crippen LogP contribution in [-0.2, 0) is 0 Å². The summed E-state index contributed by atoms with van der Waals surface area (Å²) in [5, 5.41) is 22.7. The van der Waals surface area contributed by atoms with Crippen LogP contribution in [0.25, 0.3) is 0 Å². The van der Waals surface area contributed by atoms with Crippen LogP contribution in [0.4, 0.5) is 5.69 Å². The highest BCUT2D eigenvalue weighted by atomic mass is 16.3. The fourth-order valence-electron chi connectivity index (χ4n) is 2.69. The molecule has 0 amide bonds. The van der Waals surface area contributed by atoms with Gasteiger partial charge in [0.1, 0.15) is 6.07 Å². The molecule has 1 aromatic heterocycles. The zero-order valence-electron chi connectivity index (χ0n) is 11.4. The van der Waals surface area contributed by atoms with E-state index in [1.54, 1.807) is 18.5 Å². The molecule has 2 rings (SSSR count). The molecule has 4 heteroatoms. The summed E-state index contributed by atoms with van der Waals surface area (Å²) < 4.78 is 0. The third-order valence-corrected chi connectivity index (χ3v) is 4.16. The Morgan fingerprint density at radius 2 is 2.26 bits per heavy atom. The Morgan fingerprint density at radius 1 is 1.53 bits per heavy atom. The van der Waals surface area contributed by atoms with E-state index in [9.17, 15) is 5.11 Å². The van der Waals surface area contributed by atoms with Gasteiger partial charge in [-0.3, -0.25) is 4.98 Å². The second kappa shape index (κ2) is 6.03.